The molecule has 0 saturated carbocycles. The largest absolute Gasteiger partial charge is 0.497 e. The molecule has 0 fully saturated rings. The molecule has 2 N–H and O–H groups in total. The Hall–Kier alpha value is -3.02. The number of methoxy groups -OCH3 is 1. The zero-order valence-electron chi connectivity index (χ0n) is 14.6. The van der Waals surface area contributed by atoms with Gasteiger partial charge >= 0.3 is 0 Å². The number of aromatic nitrogens is 2. The standard InChI is InChI=1S/C19H21N3O3/c1-12-8-13(2)21-19(24)16(12)10-20-18(23)11-22-7-6-14-9-15(25-3)4-5-17(14)22/h4-9H,10-11H2,1-3H3,(H,20,23)(H,21,24). The molecule has 0 unspecified atom stereocenters. The molecule has 0 radical (unpaired) electrons. The molecule has 3 aromatic rings. The topological polar surface area (TPSA) is 76.1 Å². The molecule has 2 aromatic heterocycles. The van der Waals surface area contributed by atoms with Gasteiger partial charge in [-0.15, -0.1) is 0 Å². The van der Waals surface area contributed by atoms with Crippen molar-refractivity contribution in [3.63, 3.8) is 0 Å². The van der Waals surface area contributed by atoms with Gasteiger partial charge in [0.25, 0.3) is 5.56 Å². The van der Waals surface area contributed by atoms with Gasteiger partial charge in [0.1, 0.15) is 12.3 Å². The Bertz CT molecular complexity index is 985. The summed E-state index contributed by atoms with van der Waals surface area (Å²) < 4.78 is 7.08. The maximum atomic E-state index is 12.3. The van der Waals surface area contributed by atoms with Crippen molar-refractivity contribution in [1.82, 2.24) is 14.9 Å². The lowest BCUT2D eigenvalue weighted by Gasteiger charge is -2.09. The number of aromatic amines is 1. The smallest absolute Gasteiger partial charge is 0.253 e. The second-order valence-corrected chi connectivity index (χ2v) is 6.09. The van der Waals surface area contributed by atoms with Gasteiger partial charge in [-0.1, -0.05) is 0 Å². The number of aryl methyl sites for hydroxylation is 2. The Morgan fingerprint density at radius 2 is 2.04 bits per heavy atom. The highest BCUT2D eigenvalue weighted by atomic mass is 16.5. The number of H-pyrrole nitrogens is 1. The van der Waals surface area contributed by atoms with E-state index in [-0.39, 0.29) is 24.6 Å². The van der Waals surface area contributed by atoms with Gasteiger partial charge in [-0.05, 0) is 49.7 Å². The third-order valence-electron chi connectivity index (χ3n) is 4.25. The van der Waals surface area contributed by atoms with Crippen LogP contribution >= 0.6 is 0 Å². The highest BCUT2D eigenvalue weighted by Gasteiger charge is 2.10. The fourth-order valence-corrected chi connectivity index (χ4v) is 2.94. The number of carbonyl (C=O) groups excluding carboxylic acids is 1. The van der Waals surface area contributed by atoms with E-state index < -0.39 is 0 Å². The molecule has 1 aromatic carbocycles. The molecule has 25 heavy (non-hydrogen) atoms. The SMILES string of the molecule is COc1ccc2c(ccn2CC(=O)NCc2c(C)cc(C)[nH]c2=O)c1. The van der Waals surface area contributed by atoms with Crippen molar-refractivity contribution in [1.29, 1.82) is 0 Å². The molecule has 130 valence electrons. The van der Waals surface area contributed by atoms with Gasteiger partial charge in [-0.25, -0.2) is 0 Å². The molecule has 0 saturated heterocycles. The van der Waals surface area contributed by atoms with E-state index in [1.54, 1.807) is 7.11 Å². The Labute approximate surface area is 145 Å². The molecule has 0 aliphatic heterocycles. The Balaban J connectivity index is 1.70. The summed E-state index contributed by atoms with van der Waals surface area (Å²) in [6, 6.07) is 9.57. The minimum atomic E-state index is -0.156. The van der Waals surface area contributed by atoms with E-state index in [2.05, 4.69) is 10.3 Å². The molecule has 3 rings (SSSR count). The number of ether oxygens (including phenoxy) is 1. The Morgan fingerprint density at radius 1 is 1.24 bits per heavy atom. The van der Waals surface area contributed by atoms with Crippen LogP contribution in [0.3, 0.4) is 0 Å². The summed E-state index contributed by atoms with van der Waals surface area (Å²) in [5.74, 6) is 0.636. The van der Waals surface area contributed by atoms with E-state index in [1.807, 2.05) is 54.9 Å². The average molecular weight is 339 g/mol. The number of fused-ring (bicyclic) bond motifs is 1. The van der Waals surface area contributed by atoms with Gasteiger partial charge in [0.2, 0.25) is 5.91 Å². The summed E-state index contributed by atoms with van der Waals surface area (Å²) in [6.07, 6.45) is 1.87. The number of rotatable bonds is 5. The van der Waals surface area contributed by atoms with Crippen LogP contribution in [0.1, 0.15) is 16.8 Å². The van der Waals surface area contributed by atoms with Gasteiger partial charge < -0.3 is 19.6 Å². The number of hydrogen-bond acceptors (Lipinski definition) is 3. The fourth-order valence-electron chi connectivity index (χ4n) is 2.94. The van der Waals surface area contributed by atoms with E-state index in [9.17, 15) is 9.59 Å². The quantitative estimate of drug-likeness (QED) is 0.749. The summed E-state index contributed by atoms with van der Waals surface area (Å²) >= 11 is 0. The summed E-state index contributed by atoms with van der Waals surface area (Å²) in [5, 5.41) is 3.83. The molecule has 6 heteroatoms. The fraction of sp³-hybridized carbons (Fsp3) is 0.263. The van der Waals surface area contributed by atoms with Crippen molar-refractivity contribution < 1.29 is 9.53 Å². The number of benzene rings is 1. The summed E-state index contributed by atoms with van der Waals surface area (Å²) in [4.78, 5) is 27.0. The van der Waals surface area contributed by atoms with E-state index in [1.165, 1.54) is 0 Å². The molecule has 0 spiro atoms. The molecular weight excluding hydrogens is 318 g/mol. The predicted molar refractivity (Wildman–Crippen MR) is 96.9 cm³/mol. The second-order valence-electron chi connectivity index (χ2n) is 6.09. The van der Waals surface area contributed by atoms with E-state index >= 15 is 0 Å². The van der Waals surface area contributed by atoms with Crippen LogP contribution in [-0.4, -0.2) is 22.6 Å². The summed E-state index contributed by atoms with van der Waals surface area (Å²) in [5.41, 5.74) is 3.07. The van der Waals surface area contributed by atoms with Crippen molar-refractivity contribution in [2.75, 3.05) is 7.11 Å². The third kappa shape index (κ3) is 3.57. The minimum Gasteiger partial charge on any atom is -0.497 e. The van der Waals surface area contributed by atoms with Crippen LogP contribution in [0.25, 0.3) is 10.9 Å². The molecule has 1 amide bonds. The van der Waals surface area contributed by atoms with Crippen LogP contribution in [0.15, 0.2) is 41.3 Å². The first-order valence-corrected chi connectivity index (χ1v) is 8.07. The molecule has 6 nitrogen and oxygen atoms in total. The van der Waals surface area contributed by atoms with Crippen LogP contribution in [0.2, 0.25) is 0 Å². The third-order valence-corrected chi connectivity index (χ3v) is 4.25. The summed E-state index contributed by atoms with van der Waals surface area (Å²) in [7, 11) is 1.63. The van der Waals surface area contributed by atoms with Gasteiger partial charge in [0, 0.05) is 34.9 Å². The number of hydrogen-bond donors (Lipinski definition) is 2. The molecule has 0 atom stereocenters. The van der Waals surface area contributed by atoms with Gasteiger partial charge in [0.15, 0.2) is 0 Å². The highest BCUT2D eigenvalue weighted by molar-refractivity contribution is 5.84. The molecule has 0 bridgehead atoms. The number of amides is 1. The van der Waals surface area contributed by atoms with Crippen LogP contribution < -0.4 is 15.6 Å². The lowest BCUT2D eigenvalue weighted by molar-refractivity contribution is -0.121. The Kier molecular flexibility index (Phi) is 4.61. The van der Waals surface area contributed by atoms with E-state index in [4.69, 9.17) is 4.74 Å². The lowest BCUT2D eigenvalue weighted by atomic mass is 10.1. The maximum absolute atomic E-state index is 12.3. The van der Waals surface area contributed by atoms with Crippen molar-refractivity contribution in [2.24, 2.45) is 0 Å². The molecule has 2 heterocycles. The number of nitrogens with one attached hydrogen (secondary N) is 2. The van der Waals surface area contributed by atoms with Crippen molar-refractivity contribution in [3.05, 3.63) is 63.7 Å². The van der Waals surface area contributed by atoms with Crippen LogP contribution in [-0.2, 0) is 17.9 Å². The van der Waals surface area contributed by atoms with E-state index in [0.29, 0.717) is 5.56 Å². The lowest BCUT2D eigenvalue weighted by Crippen LogP contribution is -2.30. The monoisotopic (exact) mass is 339 g/mol. The van der Waals surface area contributed by atoms with Gasteiger partial charge in [-0.2, -0.15) is 0 Å². The Morgan fingerprint density at radius 3 is 2.76 bits per heavy atom. The van der Waals surface area contributed by atoms with Crippen LogP contribution in [0.4, 0.5) is 0 Å². The van der Waals surface area contributed by atoms with Crippen molar-refractivity contribution in [2.45, 2.75) is 26.9 Å². The number of nitrogens with zero attached hydrogens (tertiary/aromatic N) is 1. The molecule has 0 aliphatic carbocycles. The summed E-state index contributed by atoms with van der Waals surface area (Å²) in [6.45, 7) is 4.12. The normalized spacial score (nSPS) is 10.8. The van der Waals surface area contributed by atoms with Gasteiger partial charge in [0.05, 0.1) is 7.11 Å². The number of pyridine rings is 1. The van der Waals surface area contributed by atoms with E-state index in [0.717, 1.165) is 27.9 Å². The second kappa shape index (κ2) is 6.84. The molecule has 0 aliphatic rings. The maximum Gasteiger partial charge on any atom is 0.253 e. The first-order valence-electron chi connectivity index (χ1n) is 8.07. The average Bonchev–Trinajstić information content (AvgIpc) is 2.95. The first kappa shape index (κ1) is 16.8. The van der Waals surface area contributed by atoms with Gasteiger partial charge in [-0.3, -0.25) is 9.59 Å². The highest BCUT2D eigenvalue weighted by Crippen LogP contribution is 2.21. The predicted octanol–water partition coefficient (Wildman–Crippen LogP) is 2.27. The van der Waals surface area contributed by atoms with Crippen molar-refractivity contribution in [3.8, 4) is 5.75 Å². The zero-order valence-corrected chi connectivity index (χ0v) is 14.6. The minimum absolute atomic E-state index is 0.146. The number of carbonyl (C=O) groups is 1. The zero-order chi connectivity index (χ0) is 18.0. The van der Waals surface area contributed by atoms with Crippen LogP contribution in [0, 0.1) is 13.8 Å². The van der Waals surface area contributed by atoms with Crippen LogP contribution in [0.5, 0.6) is 5.75 Å². The first-order chi connectivity index (χ1) is 12.0. The molecular formula is C19H21N3O3. The van der Waals surface area contributed by atoms with Crippen molar-refractivity contribution >= 4 is 16.8 Å².